The summed E-state index contributed by atoms with van der Waals surface area (Å²) in [6, 6.07) is 8.53. The molecule has 2 atom stereocenters. The average molecular weight is 287 g/mol. The number of fused-ring (bicyclic) bond motifs is 2. The topological polar surface area (TPSA) is 12.0 Å². The molecule has 2 aliphatic carbocycles. The molecule has 1 nitrogen and oxygen atoms in total. The van der Waals surface area contributed by atoms with Crippen LogP contribution < -0.4 is 5.32 Å². The second-order valence-electron chi connectivity index (χ2n) is 5.81. The van der Waals surface area contributed by atoms with Gasteiger partial charge < -0.3 is 5.32 Å². The largest absolute Gasteiger partial charge is 0.303 e. The van der Waals surface area contributed by atoms with Crippen LogP contribution in [0.25, 0.3) is 0 Å². The average Bonchev–Trinajstić information content (AvgIpc) is 3.07. The van der Waals surface area contributed by atoms with E-state index in [1.165, 1.54) is 35.3 Å². The van der Waals surface area contributed by atoms with Crippen LogP contribution in [0.4, 0.5) is 4.39 Å². The summed E-state index contributed by atoms with van der Waals surface area (Å²) in [5, 5.41) is 5.98. The van der Waals surface area contributed by atoms with Gasteiger partial charge in [0.05, 0.1) is 0 Å². The molecule has 2 aliphatic rings. The molecule has 0 fully saturated rings. The van der Waals surface area contributed by atoms with Gasteiger partial charge in [-0.1, -0.05) is 12.1 Å². The monoisotopic (exact) mass is 287 g/mol. The molecule has 4 rings (SSSR count). The molecule has 2 unspecified atom stereocenters. The SMILES string of the molecule is Fc1cccc2c1CCC2NC1CCCc2sccc21. The van der Waals surface area contributed by atoms with Crippen LogP contribution in [0, 0.1) is 5.82 Å². The second-order valence-corrected chi connectivity index (χ2v) is 6.81. The van der Waals surface area contributed by atoms with Crippen LogP contribution in [0.3, 0.4) is 0 Å². The van der Waals surface area contributed by atoms with Gasteiger partial charge in [-0.2, -0.15) is 0 Å². The lowest BCUT2D eigenvalue weighted by molar-refractivity contribution is 0.401. The van der Waals surface area contributed by atoms with E-state index in [1.54, 1.807) is 6.07 Å². The summed E-state index contributed by atoms with van der Waals surface area (Å²) in [6.07, 6.45) is 5.56. The van der Waals surface area contributed by atoms with Crippen LogP contribution in [0.2, 0.25) is 0 Å². The van der Waals surface area contributed by atoms with Crippen molar-refractivity contribution in [3.63, 3.8) is 0 Å². The van der Waals surface area contributed by atoms with Crippen molar-refractivity contribution in [1.29, 1.82) is 0 Å². The van der Waals surface area contributed by atoms with E-state index in [0.29, 0.717) is 12.1 Å². The molecule has 0 bridgehead atoms. The van der Waals surface area contributed by atoms with Crippen LogP contribution >= 0.6 is 11.3 Å². The molecule has 1 heterocycles. The van der Waals surface area contributed by atoms with Gasteiger partial charge in [-0.05, 0) is 66.3 Å². The Kier molecular flexibility index (Phi) is 3.12. The van der Waals surface area contributed by atoms with Gasteiger partial charge in [0.15, 0.2) is 0 Å². The summed E-state index contributed by atoms with van der Waals surface area (Å²) in [6.45, 7) is 0. The lowest BCUT2D eigenvalue weighted by atomic mass is 9.93. The molecule has 3 heteroatoms. The zero-order valence-electron chi connectivity index (χ0n) is 11.4. The van der Waals surface area contributed by atoms with Gasteiger partial charge in [-0.25, -0.2) is 4.39 Å². The zero-order chi connectivity index (χ0) is 13.5. The number of thiophene rings is 1. The number of nitrogens with one attached hydrogen (secondary N) is 1. The summed E-state index contributed by atoms with van der Waals surface area (Å²) in [4.78, 5) is 1.53. The Morgan fingerprint density at radius 3 is 2.90 bits per heavy atom. The third kappa shape index (κ3) is 2.00. The maximum Gasteiger partial charge on any atom is 0.126 e. The summed E-state index contributed by atoms with van der Waals surface area (Å²) >= 11 is 1.88. The molecule has 0 aliphatic heterocycles. The van der Waals surface area contributed by atoms with Crippen molar-refractivity contribution in [2.75, 3.05) is 0 Å². The Bertz CT molecular complexity index is 634. The first-order valence-corrected chi connectivity index (χ1v) is 8.30. The molecule has 0 radical (unpaired) electrons. The Morgan fingerprint density at radius 1 is 1.05 bits per heavy atom. The van der Waals surface area contributed by atoms with Gasteiger partial charge in [0, 0.05) is 17.0 Å². The van der Waals surface area contributed by atoms with Crippen LogP contribution in [0.15, 0.2) is 29.6 Å². The first-order chi connectivity index (χ1) is 9.83. The van der Waals surface area contributed by atoms with Gasteiger partial charge >= 0.3 is 0 Å². The molecule has 2 aromatic rings. The standard InChI is InChI=1S/C17H18FNS/c18-14-4-1-3-12-11(14)7-8-16(12)19-15-5-2-6-17-13(15)9-10-20-17/h1,3-4,9-10,15-16,19H,2,5-8H2. The Labute approximate surface area is 122 Å². The van der Waals surface area contributed by atoms with Crippen molar-refractivity contribution >= 4 is 11.3 Å². The molecule has 104 valence electrons. The van der Waals surface area contributed by atoms with E-state index in [0.717, 1.165) is 18.4 Å². The van der Waals surface area contributed by atoms with Crippen molar-refractivity contribution in [3.8, 4) is 0 Å². The van der Waals surface area contributed by atoms with Crippen molar-refractivity contribution in [1.82, 2.24) is 5.32 Å². The Hall–Kier alpha value is -1.19. The fourth-order valence-electron chi connectivity index (χ4n) is 3.69. The summed E-state index contributed by atoms with van der Waals surface area (Å²) in [5.41, 5.74) is 3.57. The summed E-state index contributed by atoms with van der Waals surface area (Å²) in [5.74, 6) is -0.0355. The first-order valence-electron chi connectivity index (χ1n) is 7.42. The van der Waals surface area contributed by atoms with E-state index < -0.39 is 0 Å². The first kappa shape index (κ1) is 12.5. The van der Waals surface area contributed by atoms with Crippen LogP contribution in [-0.4, -0.2) is 0 Å². The van der Waals surface area contributed by atoms with Gasteiger partial charge in [0.2, 0.25) is 0 Å². The molecule has 0 spiro atoms. The highest BCUT2D eigenvalue weighted by Gasteiger charge is 2.29. The molecular formula is C17H18FNS. The third-order valence-electron chi connectivity index (χ3n) is 4.67. The van der Waals surface area contributed by atoms with Crippen LogP contribution in [0.5, 0.6) is 0 Å². The van der Waals surface area contributed by atoms with Crippen molar-refractivity contribution in [3.05, 3.63) is 57.0 Å². The minimum Gasteiger partial charge on any atom is -0.303 e. The fraction of sp³-hybridized carbons (Fsp3) is 0.412. The minimum atomic E-state index is -0.0355. The van der Waals surface area contributed by atoms with Gasteiger partial charge in [0.25, 0.3) is 0 Å². The van der Waals surface area contributed by atoms with E-state index in [9.17, 15) is 4.39 Å². The normalized spacial score (nSPS) is 24.4. The smallest absolute Gasteiger partial charge is 0.126 e. The third-order valence-corrected chi connectivity index (χ3v) is 5.66. The van der Waals surface area contributed by atoms with E-state index in [-0.39, 0.29) is 5.82 Å². The van der Waals surface area contributed by atoms with Crippen molar-refractivity contribution in [2.24, 2.45) is 0 Å². The highest BCUT2D eigenvalue weighted by molar-refractivity contribution is 7.10. The van der Waals surface area contributed by atoms with Gasteiger partial charge in [0.1, 0.15) is 5.82 Å². The lowest BCUT2D eigenvalue weighted by Crippen LogP contribution is -2.27. The Morgan fingerprint density at radius 2 is 1.95 bits per heavy atom. The number of hydrogen-bond acceptors (Lipinski definition) is 2. The summed E-state index contributed by atoms with van der Waals surface area (Å²) in [7, 11) is 0. The van der Waals surface area contributed by atoms with E-state index in [2.05, 4.69) is 22.8 Å². The number of rotatable bonds is 2. The maximum absolute atomic E-state index is 13.8. The van der Waals surface area contributed by atoms with Crippen molar-refractivity contribution in [2.45, 2.75) is 44.2 Å². The highest BCUT2D eigenvalue weighted by atomic mass is 32.1. The van der Waals surface area contributed by atoms with E-state index in [4.69, 9.17) is 0 Å². The van der Waals surface area contributed by atoms with E-state index in [1.807, 2.05) is 17.4 Å². The zero-order valence-corrected chi connectivity index (χ0v) is 12.2. The molecule has 0 saturated heterocycles. The van der Waals surface area contributed by atoms with Gasteiger partial charge in [-0.15, -0.1) is 11.3 Å². The van der Waals surface area contributed by atoms with Crippen LogP contribution in [0.1, 0.15) is 52.9 Å². The maximum atomic E-state index is 13.8. The predicted molar refractivity (Wildman–Crippen MR) is 80.6 cm³/mol. The number of benzene rings is 1. The quantitative estimate of drug-likeness (QED) is 0.855. The Balaban J connectivity index is 1.60. The minimum absolute atomic E-state index is 0.0355. The van der Waals surface area contributed by atoms with Crippen LogP contribution in [-0.2, 0) is 12.8 Å². The molecule has 20 heavy (non-hydrogen) atoms. The number of halogens is 1. The molecule has 0 amide bonds. The highest BCUT2D eigenvalue weighted by Crippen LogP contribution is 2.38. The number of hydrogen-bond donors (Lipinski definition) is 1. The van der Waals surface area contributed by atoms with Gasteiger partial charge in [-0.3, -0.25) is 0 Å². The second kappa shape index (κ2) is 4.97. The lowest BCUT2D eigenvalue weighted by Gasteiger charge is -2.27. The van der Waals surface area contributed by atoms with E-state index >= 15 is 0 Å². The number of aryl methyl sites for hydroxylation is 1. The molecule has 1 aromatic heterocycles. The fourth-order valence-corrected chi connectivity index (χ4v) is 4.67. The predicted octanol–water partition coefficient (Wildman–Crippen LogP) is 4.54. The molecule has 1 aromatic carbocycles. The molecule has 1 N–H and O–H groups in total. The summed E-state index contributed by atoms with van der Waals surface area (Å²) < 4.78 is 13.8. The molecular weight excluding hydrogens is 269 g/mol. The van der Waals surface area contributed by atoms with Crippen molar-refractivity contribution < 1.29 is 4.39 Å². The molecule has 0 saturated carbocycles.